The lowest BCUT2D eigenvalue weighted by molar-refractivity contribution is -0.105. The van der Waals surface area contributed by atoms with Crippen LogP contribution < -0.4 is 10.1 Å². The predicted octanol–water partition coefficient (Wildman–Crippen LogP) is 5.36. The summed E-state index contributed by atoms with van der Waals surface area (Å²) >= 11 is 4.11. The van der Waals surface area contributed by atoms with E-state index in [0.29, 0.717) is 6.41 Å². The molecule has 24 heavy (non-hydrogen) atoms. The molecule has 2 aromatic carbocycles. The molecule has 0 aliphatic heterocycles. The van der Waals surface area contributed by atoms with Crippen molar-refractivity contribution in [1.82, 2.24) is 0 Å². The van der Waals surface area contributed by atoms with Crippen molar-refractivity contribution in [3.05, 3.63) is 54.1 Å². The summed E-state index contributed by atoms with van der Waals surface area (Å²) in [7, 11) is 0. The van der Waals surface area contributed by atoms with Gasteiger partial charge in [-0.3, -0.25) is 4.79 Å². The van der Waals surface area contributed by atoms with Crippen molar-refractivity contribution in [3.8, 4) is 5.75 Å². The molecule has 0 spiro atoms. The standard InChI is InChI=1S/C13H20O.C7H7NOS/c1-5-6-11-7-9-12(10-8-11)14-13(2,3)4;9-5-8-6-3-1-2-4-7(6)10/h7-10H,5-6H2,1-4H3;1-5,10H,(H,8,9). The normalized spacial score (nSPS) is 10.4. The fourth-order valence-electron chi connectivity index (χ4n) is 2.03. The van der Waals surface area contributed by atoms with E-state index in [2.05, 4.69) is 69.9 Å². The largest absolute Gasteiger partial charge is 0.488 e. The molecule has 0 atom stereocenters. The molecule has 130 valence electrons. The Morgan fingerprint density at radius 2 is 1.71 bits per heavy atom. The van der Waals surface area contributed by atoms with Crippen LogP contribution in [0.3, 0.4) is 0 Å². The third-order valence-electron chi connectivity index (χ3n) is 3.00. The molecular weight excluding hydrogens is 318 g/mol. The Morgan fingerprint density at radius 3 is 2.21 bits per heavy atom. The Kier molecular flexibility index (Phi) is 8.41. The molecule has 2 aromatic rings. The molecule has 0 saturated carbocycles. The van der Waals surface area contributed by atoms with Gasteiger partial charge in [0.25, 0.3) is 0 Å². The zero-order valence-electron chi connectivity index (χ0n) is 14.9. The van der Waals surface area contributed by atoms with Crippen LogP contribution in [-0.2, 0) is 11.2 Å². The Balaban J connectivity index is 0.000000254. The first kappa shape index (κ1) is 20.1. The minimum atomic E-state index is -0.105. The topological polar surface area (TPSA) is 38.3 Å². The van der Waals surface area contributed by atoms with Gasteiger partial charge in [0.15, 0.2) is 0 Å². The molecule has 0 aliphatic carbocycles. The molecule has 0 aromatic heterocycles. The summed E-state index contributed by atoms with van der Waals surface area (Å²) in [5, 5.41) is 2.52. The van der Waals surface area contributed by atoms with Crippen molar-refractivity contribution in [2.75, 3.05) is 5.32 Å². The van der Waals surface area contributed by atoms with Crippen molar-refractivity contribution in [1.29, 1.82) is 0 Å². The van der Waals surface area contributed by atoms with E-state index < -0.39 is 0 Å². The van der Waals surface area contributed by atoms with Gasteiger partial charge in [-0.2, -0.15) is 0 Å². The SMILES string of the molecule is CCCc1ccc(OC(C)(C)C)cc1.O=CNc1ccccc1S. The van der Waals surface area contributed by atoms with Crippen molar-refractivity contribution in [2.45, 2.75) is 51.0 Å². The number of hydrogen-bond donors (Lipinski definition) is 2. The number of hydrogen-bond acceptors (Lipinski definition) is 3. The van der Waals surface area contributed by atoms with Crippen LogP contribution in [0.5, 0.6) is 5.75 Å². The Bertz CT molecular complexity index is 618. The Morgan fingerprint density at radius 1 is 1.08 bits per heavy atom. The first-order valence-corrected chi connectivity index (χ1v) is 8.56. The number of rotatable bonds is 5. The molecule has 0 unspecified atom stereocenters. The van der Waals surface area contributed by atoms with Gasteiger partial charge in [-0.25, -0.2) is 0 Å². The van der Waals surface area contributed by atoms with E-state index in [1.165, 1.54) is 12.0 Å². The van der Waals surface area contributed by atoms with Gasteiger partial charge >= 0.3 is 0 Å². The predicted molar refractivity (Wildman–Crippen MR) is 104 cm³/mol. The summed E-state index contributed by atoms with van der Waals surface area (Å²) in [4.78, 5) is 10.8. The molecule has 2 rings (SSSR count). The summed E-state index contributed by atoms with van der Waals surface area (Å²) in [6.45, 7) is 8.38. The van der Waals surface area contributed by atoms with Gasteiger partial charge < -0.3 is 10.1 Å². The molecular formula is C20H27NO2S. The van der Waals surface area contributed by atoms with Gasteiger partial charge in [0.05, 0.1) is 5.69 Å². The molecule has 1 amide bonds. The Hall–Kier alpha value is -1.94. The number of carbonyl (C=O) groups excluding carboxylic acids is 1. The van der Waals surface area contributed by atoms with Crippen LogP contribution in [0.2, 0.25) is 0 Å². The summed E-state index contributed by atoms with van der Waals surface area (Å²) < 4.78 is 5.73. The smallest absolute Gasteiger partial charge is 0.211 e. The van der Waals surface area contributed by atoms with Crippen LogP contribution in [0.15, 0.2) is 53.4 Å². The number of anilines is 1. The van der Waals surface area contributed by atoms with Crippen LogP contribution in [0.1, 0.15) is 39.7 Å². The maximum Gasteiger partial charge on any atom is 0.211 e. The number of nitrogens with one attached hydrogen (secondary N) is 1. The minimum absolute atomic E-state index is 0.105. The zero-order chi connectivity index (χ0) is 18.0. The summed E-state index contributed by atoms with van der Waals surface area (Å²) in [5.41, 5.74) is 2.02. The van der Waals surface area contributed by atoms with Crippen molar-refractivity contribution in [3.63, 3.8) is 0 Å². The second-order valence-corrected chi connectivity index (χ2v) is 6.87. The van der Waals surface area contributed by atoms with Gasteiger partial charge in [0.1, 0.15) is 11.4 Å². The average molecular weight is 346 g/mol. The first-order chi connectivity index (χ1) is 11.4. The fraction of sp³-hybridized carbons (Fsp3) is 0.350. The molecule has 0 bridgehead atoms. The van der Waals surface area contributed by atoms with E-state index in [0.717, 1.165) is 22.8 Å². The lowest BCUT2D eigenvalue weighted by atomic mass is 10.1. The minimum Gasteiger partial charge on any atom is -0.488 e. The van der Waals surface area contributed by atoms with Crippen molar-refractivity contribution in [2.24, 2.45) is 0 Å². The van der Waals surface area contributed by atoms with Gasteiger partial charge in [0.2, 0.25) is 6.41 Å². The second kappa shape index (κ2) is 10.0. The van der Waals surface area contributed by atoms with Crippen molar-refractivity contribution < 1.29 is 9.53 Å². The van der Waals surface area contributed by atoms with Crippen LogP contribution in [0.25, 0.3) is 0 Å². The third-order valence-corrected chi connectivity index (χ3v) is 3.39. The second-order valence-electron chi connectivity index (χ2n) is 6.39. The van der Waals surface area contributed by atoms with Crippen LogP contribution >= 0.6 is 12.6 Å². The highest BCUT2D eigenvalue weighted by atomic mass is 32.1. The van der Waals surface area contributed by atoms with Gasteiger partial charge in [-0.05, 0) is 57.0 Å². The quantitative estimate of drug-likeness (QED) is 0.565. The van der Waals surface area contributed by atoms with Gasteiger partial charge in [0, 0.05) is 4.90 Å². The number of carbonyl (C=O) groups is 1. The van der Waals surface area contributed by atoms with Gasteiger partial charge in [-0.15, -0.1) is 12.6 Å². The molecule has 4 heteroatoms. The number of amides is 1. The molecule has 1 N–H and O–H groups in total. The van der Waals surface area contributed by atoms with E-state index in [4.69, 9.17) is 4.74 Å². The number of para-hydroxylation sites is 1. The van der Waals surface area contributed by atoms with E-state index >= 15 is 0 Å². The third kappa shape index (κ3) is 8.06. The summed E-state index contributed by atoms with van der Waals surface area (Å²) in [6.07, 6.45) is 2.98. The zero-order valence-corrected chi connectivity index (χ0v) is 15.8. The number of ether oxygens (including phenoxy) is 1. The fourth-order valence-corrected chi connectivity index (χ4v) is 2.25. The van der Waals surface area contributed by atoms with Crippen LogP contribution in [0, 0.1) is 0 Å². The number of aryl methyl sites for hydroxylation is 1. The summed E-state index contributed by atoms with van der Waals surface area (Å²) in [6, 6.07) is 15.7. The van der Waals surface area contributed by atoms with E-state index in [9.17, 15) is 4.79 Å². The maximum absolute atomic E-state index is 9.98. The number of thiol groups is 1. The lowest BCUT2D eigenvalue weighted by Gasteiger charge is -2.21. The molecule has 0 fully saturated rings. The van der Waals surface area contributed by atoms with Crippen LogP contribution in [-0.4, -0.2) is 12.0 Å². The monoisotopic (exact) mass is 345 g/mol. The first-order valence-electron chi connectivity index (χ1n) is 8.12. The highest BCUT2D eigenvalue weighted by Gasteiger charge is 2.10. The number of benzene rings is 2. The van der Waals surface area contributed by atoms with Crippen molar-refractivity contribution >= 4 is 24.7 Å². The average Bonchev–Trinajstić information content (AvgIpc) is 2.51. The van der Waals surface area contributed by atoms with Gasteiger partial charge in [-0.1, -0.05) is 37.6 Å². The molecule has 3 nitrogen and oxygen atoms in total. The van der Waals surface area contributed by atoms with E-state index in [-0.39, 0.29) is 5.60 Å². The van der Waals surface area contributed by atoms with E-state index in [1.807, 2.05) is 18.2 Å². The summed E-state index contributed by atoms with van der Waals surface area (Å²) in [5.74, 6) is 0.956. The van der Waals surface area contributed by atoms with E-state index in [1.54, 1.807) is 6.07 Å². The highest BCUT2D eigenvalue weighted by molar-refractivity contribution is 7.80. The highest BCUT2D eigenvalue weighted by Crippen LogP contribution is 2.19. The lowest BCUT2D eigenvalue weighted by Crippen LogP contribution is -2.22. The molecule has 0 radical (unpaired) electrons. The molecule has 0 saturated heterocycles. The van der Waals surface area contributed by atoms with Crippen LogP contribution in [0.4, 0.5) is 5.69 Å². The Labute approximate surface area is 150 Å². The molecule has 0 aliphatic rings. The molecule has 0 heterocycles. The maximum atomic E-state index is 9.98.